The standard InChI is InChI=1S/C11H20N4/c1-8-7-9(8)10(14-12)3-4-11-13-5-6-15(11)2/h5-6,8-10,14H,3-4,7,12H2,1-2H3. The van der Waals surface area contributed by atoms with Crippen LogP contribution in [0.1, 0.15) is 25.6 Å². The monoisotopic (exact) mass is 208 g/mol. The molecule has 3 unspecified atom stereocenters. The maximum atomic E-state index is 5.58. The fraction of sp³-hybridized carbons (Fsp3) is 0.727. The minimum atomic E-state index is 0.455. The van der Waals surface area contributed by atoms with Gasteiger partial charge in [0.25, 0.3) is 0 Å². The van der Waals surface area contributed by atoms with Crippen molar-refractivity contribution in [1.82, 2.24) is 15.0 Å². The molecule has 1 heterocycles. The highest BCUT2D eigenvalue weighted by Gasteiger charge is 2.38. The van der Waals surface area contributed by atoms with Crippen molar-refractivity contribution in [2.24, 2.45) is 24.7 Å². The van der Waals surface area contributed by atoms with Gasteiger partial charge in [0.2, 0.25) is 0 Å². The predicted molar refractivity (Wildman–Crippen MR) is 59.9 cm³/mol. The molecular weight excluding hydrogens is 188 g/mol. The summed E-state index contributed by atoms with van der Waals surface area (Å²) < 4.78 is 2.07. The van der Waals surface area contributed by atoms with Crippen molar-refractivity contribution in [2.75, 3.05) is 0 Å². The van der Waals surface area contributed by atoms with Gasteiger partial charge in [-0.2, -0.15) is 0 Å². The first kappa shape index (κ1) is 10.6. The number of hydrazine groups is 1. The second kappa shape index (κ2) is 4.33. The fourth-order valence-corrected chi connectivity index (χ4v) is 2.25. The summed E-state index contributed by atoms with van der Waals surface area (Å²) in [4.78, 5) is 4.32. The topological polar surface area (TPSA) is 55.9 Å². The van der Waals surface area contributed by atoms with Crippen molar-refractivity contribution in [2.45, 2.75) is 32.2 Å². The zero-order valence-corrected chi connectivity index (χ0v) is 9.48. The van der Waals surface area contributed by atoms with Gasteiger partial charge in [-0.3, -0.25) is 11.3 Å². The summed E-state index contributed by atoms with van der Waals surface area (Å²) in [6.45, 7) is 2.29. The number of aromatic nitrogens is 2. The SMILES string of the molecule is CC1CC1C(CCc1nccn1C)NN. The molecular formula is C11H20N4. The van der Waals surface area contributed by atoms with E-state index in [1.807, 2.05) is 19.4 Å². The van der Waals surface area contributed by atoms with Gasteiger partial charge < -0.3 is 4.57 Å². The Kier molecular flexibility index (Phi) is 3.07. The van der Waals surface area contributed by atoms with E-state index < -0.39 is 0 Å². The summed E-state index contributed by atoms with van der Waals surface area (Å²) in [5.74, 6) is 8.33. The van der Waals surface area contributed by atoms with E-state index in [0.29, 0.717) is 6.04 Å². The Hall–Kier alpha value is -0.870. The summed E-state index contributed by atoms with van der Waals surface area (Å²) >= 11 is 0. The molecule has 0 bridgehead atoms. The zero-order chi connectivity index (χ0) is 10.8. The first-order valence-corrected chi connectivity index (χ1v) is 5.64. The second-order valence-electron chi connectivity index (χ2n) is 4.64. The minimum Gasteiger partial charge on any atom is -0.338 e. The molecule has 0 amide bonds. The maximum absolute atomic E-state index is 5.58. The Balaban J connectivity index is 1.84. The molecule has 1 aliphatic rings. The van der Waals surface area contributed by atoms with Crippen LogP contribution < -0.4 is 11.3 Å². The van der Waals surface area contributed by atoms with Crippen LogP contribution in [0.15, 0.2) is 12.4 Å². The van der Waals surface area contributed by atoms with Gasteiger partial charge in [0, 0.05) is 31.9 Å². The molecule has 3 N–H and O–H groups in total. The van der Waals surface area contributed by atoms with Crippen molar-refractivity contribution in [3.63, 3.8) is 0 Å². The molecule has 0 saturated heterocycles. The first-order chi connectivity index (χ1) is 7.22. The molecule has 2 rings (SSSR count). The molecule has 0 aromatic carbocycles. The maximum Gasteiger partial charge on any atom is 0.108 e. The molecule has 0 spiro atoms. The summed E-state index contributed by atoms with van der Waals surface area (Å²) in [5.41, 5.74) is 2.94. The summed E-state index contributed by atoms with van der Waals surface area (Å²) in [5, 5.41) is 0. The molecule has 1 aromatic rings. The second-order valence-corrected chi connectivity index (χ2v) is 4.64. The molecule has 0 aliphatic heterocycles. The molecule has 4 nitrogen and oxygen atoms in total. The van der Waals surface area contributed by atoms with Crippen LogP contribution in [0.3, 0.4) is 0 Å². The minimum absolute atomic E-state index is 0.455. The van der Waals surface area contributed by atoms with Crippen LogP contribution in [0.25, 0.3) is 0 Å². The van der Waals surface area contributed by atoms with Crippen LogP contribution >= 0.6 is 0 Å². The number of nitrogens with zero attached hydrogens (tertiary/aromatic N) is 2. The Bertz CT molecular complexity index is 320. The lowest BCUT2D eigenvalue weighted by Crippen LogP contribution is -2.37. The van der Waals surface area contributed by atoms with Gasteiger partial charge in [0.15, 0.2) is 0 Å². The van der Waals surface area contributed by atoms with Gasteiger partial charge >= 0.3 is 0 Å². The Morgan fingerprint density at radius 3 is 2.93 bits per heavy atom. The van der Waals surface area contributed by atoms with E-state index in [1.165, 1.54) is 6.42 Å². The van der Waals surface area contributed by atoms with E-state index >= 15 is 0 Å². The number of rotatable bonds is 5. The van der Waals surface area contributed by atoms with Crippen LogP contribution in [-0.2, 0) is 13.5 Å². The number of hydrogen-bond donors (Lipinski definition) is 2. The number of hydrogen-bond acceptors (Lipinski definition) is 3. The summed E-state index contributed by atoms with van der Waals surface area (Å²) in [6, 6.07) is 0.455. The zero-order valence-electron chi connectivity index (χ0n) is 9.48. The lowest BCUT2D eigenvalue weighted by atomic mass is 10.1. The third-order valence-electron chi connectivity index (χ3n) is 3.50. The van der Waals surface area contributed by atoms with Crippen molar-refractivity contribution in [3.05, 3.63) is 18.2 Å². The van der Waals surface area contributed by atoms with E-state index in [9.17, 15) is 0 Å². The highest BCUT2D eigenvalue weighted by molar-refractivity contribution is 4.96. The number of imidazole rings is 1. The fourth-order valence-electron chi connectivity index (χ4n) is 2.25. The molecule has 1 aromatic heterocycles. The normalized spacial score (nSPS) is 26.6. The van der Waals surface area contributed by atoms with Crippen molar-refractivity contribution >= 4 is 0 Å². The Morgan fingerprint density at radius 2 is 2.47 bits per heavy atom. The molecule has 1 saturated carbocycles. The molecule has 84 valence electrons. The Morgan fingerprint density at radius 1 is 1.73 bits per heavy atom. The lowest BCUT2D eigenvalue weighted by Gasteiger charge is -2.15. The number of aryl methyl sites for hydroxylation is 2. The molecule has 3 atom stereocenters. The van der Waals surface area contributed by atoms with Crippen LogP contribution in [-0.4, -0.2) is 15.6 Å². The van der Waals surface area contributed by atoms with Gasteiger partial charge in [0.05, 0.1) is 0 Å². The average molecular weight is 208 g/mol. The van der Waals surface area contributed by atoms with Crippen LogP contribution in [0.5, 0.6) is 0 Å². The average Bonchev–Trinajstić information content (AvgIpc) is 2.78. The van der Waals surface area contributed by atoms with E-state index in [-0.39, 0.29) is 0 Å². The quantitative estimate of drug-likeness (QED) is 0.557. The number of nitrogens with one attached hydrogen (secondary N) is 1. The van der Waals surface area contributed by atoms with Crippen molar-refractivity contribution in [3.8, 4) is 0 Å². The molecule has 0 radical (unpaired) electrons. The van der Waals surface area contributed by atoms with Crippen LogP contribution in [0.4, 0.5) is 0 Å². The number of nitrogens with two attached hydrogens (primary N) is 1. The highest BCUT2D eigenvalue weighted by Crippen LogP contribution is 2.41. The third-order valence-corrected chi connectivity index (χ3v) is 3.50. The van der Waals surface area contributed by atoms with Crippen LogP contribution in [0, 0.1) is 11.8 Å². The van der Waals surface area contributed by atoms with Crippen molar-refractivity contribution in [1.29, 1.82) is 0 Å². The molecule has 15 heavy (non-hydrogen) atoms. The van der Waals surface area contributed by atoms with Crippen LogP contribution in [0.2, 0.25) is 0 Å². The van der Waals surface area contributed by atoms with Gasteiger partial charge in [0.1, 0.15) is 5.82 Å². The smallest absolute Gasteiger partial charge is 0.108 e. The van der Waals surface area contributed by atoms with Gasteiger partial charge in [-0.25, -0.2) is 4.98 Å². The molecule has 1 aliphatic carbocycles. The lowest BCUT2D eigenvalue weighted by molar-refractivity contribution is 0.425. The van der Waals surface area contributed by atoms with E-state index in [0.717, 1.165) is 30.5 Å². The molecule has 1 fully saturated rings. The summed E-state index contributed by atoms with van der Waals surface area (Å²) in [7, 11) is 2.03. The van der Waals surface area contributed by atoms with E-state index in [2.05, 4.69) is 21.9 Å². The Labute approximate surface area is 90.8 Å². The molecule has 4 heteroatoms. The van der Waals surface area contributed by atoms with E-state index in [1.54, 1.807) is 0 Å². The predicted octanol–water partition coefficient (Wildman–Crippen LogP) is 0.841. The highest BCUT2D eigenvalue weighted by atomic mass is 15.2. The van der Waals surface area contributed by atoms with Crippen molar-refractivity contribution < 1.29 is 0 Å². The van der Waals surface area contributed by atoms with Gasteiger partial charge in [-0.15, -0.1) is 0 Å². The van der Waals surface area contributed by atoms with Gasteiger partial charge in [-0.05, 0) is 24.7 Å². The third kappa shape index (κ3) is 2.38. The largest absolute Gasteiger partial charge is 0.338 e. The van der Waals surface area contributed by atoms with E-state index in [4.69, 9.17) is 5.84 Å². The van der Waals surface area contributed by atoms with Gasteiger partial charge in [-0.1, -0.05) is 6.92 Å². The first-order valence-electron chi connectivity index (χ1n) is 5.64. The summed E-state index contributed by atoms with van der Waals surface area (Å²) in [6.07, 6.45) is 7.23.